The van der Waals surface area contributed by atoms with E-state index in [0.717, 1.165) is 34.9 Å². The second-order valence-electron chi connectivity index (χ2n) is 4.68. The minimum absolute atomic E-state index is 0.280. The number of nitrogens with zero attached hydrogens (tertiary/aromatic N) is 1. The van der Waals surface area contributed by atoms with Crippen LogP contribution in [0.15, 0.2) is 24.3 Å². The van der Waals surface area contributed by atoms with Crippen LogP contribution in [0.25, 0.3) is 11.3 Å². The van der Waals surface area contributed by atoms with Crippen LogP contribution >= 0.6 is 11.8 Å². The molecule has 1 fully saturated rings. The number of hydrogen-bond donors (Lipinski definition) is 2. The highest BCUT2D eigenvalue weighted by atomic mass is 32.2. The second-order valence-corrected chi connectivity index (χ2v) is 5.83. The number of nitrogens with two attached hydrogens (primary N) is 1. The van der Waals surface area contributed by atoms with Crippen molar-refractivity contribution in [2.24, 2.45) is 0 Å². The van der Waals surface area contributed by atoms with E-state index in [9.17, 15) is 0 Å². The van der Waals surface area contributed by atoms with Gasteiger partial charge in [-0.1, -0.05) is 0 Å². The Balaban J connectivity index is 1.85. The molecule has 1 aromatic heterocycles. The van der Waals surface area contributed by atoms with Crippen molar-refractivity contribution in [3.05, 3.63) is 24.3 Å². The number of ether oxygens (including phenoxy) is 2. The van der Waals surface area contributed by atoms with Crippen LogP contribution in [-0.2, 0) is 0 Å². The van der Waals surface area contributed by atoms with Crippen LogP contribution in [0.3, 0.4) is 0 Å². The summed E-state index contributed by atoms with van der Waals surface area (Å²) in [6.07, 6.45) is 1.37. The van der Waals surface area contributed by atoms with Crippen LogP contribution in [0.5, 0.6) is 11.5 Å². The molecule has 0 radical (unpaired) electrons. The summed E-state index contributed by atoms with van der Waals surface area (Å²) in [6.45, 7) is 0. The van der Waals surface area contributed by atoms with E-state index >= 15 is 0 Å². The molecule has 6 heteroatoms. The third-order valence-corrected chi connectivity index (χ3v) is 4.39. The minimum atomic E-state index is 0.280. The van der Waals surface area contributed by atoms with Gasteiger partial charge in [0.1, 0.15) is 11.9 Å². The molecule has 0 aliphatic carbocycles. The average Bonchev–Trinajstić information content (AvgIpc) is 3.11. The molecule has 1 aliphatic rings. The summed E-state index contributed by atoms with van der Waals surface area (Å²) in [4.78, 5) is 0. The topological polar surface area (TPSA) is 73.2 Å². The van der Waals surface area contributed by atoms with Crippen LogP contribution in [0, 0.1) is 0 Å². The third kappa shape index (κ3) is 2.70. The van der Waals surface area contributed by atoms with Crippen molar-refractivity contribution in [2.45, 2.75) is 12.5 Å². The Morgan fingerprint density at radius 1 is 1.35 bits per heavy atom. The average molecular weight is 291 g/mol. The van der Waals surface area contributed by atoms with Gasteiger partial charge < -0.3 is 15.2 Å². The predicted molar refractivity (Wildman–Crippen MR) is 81.3 cm³/mol. The normalized spacial score (nSPS) is 18.1. The molecule has 5 nitrogen and oxygen atoms in total. The Bertz CT molecular complexity index is 594. The fourth-order valence-electron chi connectivity index (χ4n) is 2.20. The van der Waals surface area contributed by atoms with Crippen molar-refractivity contribution in [3.8, 4) is 22.8 Å². The van der Waals surface area contributed by atoms with Crippen LogP contribution in [-0.4, -0.2) is 34.9 Å². The van der Waals surface area contributed by atoms with Gasteiger partial charge in [-0.2, -0.15) is 16.9 Å². The van der Waals surface area contributed by atoms with Gasteiger partial charge in [-0.25, -0.2) is 0 Å². The van der Waals surface area contributed by atoms with Crippen LogP contribution in [0.2, 0.25) is 0 Å². The number of aromatic amines is 1. The van der Waals surface area contributed by atoms with E-state index in [1.807, 2.05) is 30.0 Å². The van der Waals surface area contributed by atoms with Gasteiger partial charge in [-0.05, 0) is 30.4 Å². The Morgan fingerprint density at radius 2 is 2.25 bits per heavy atom. The molecule has 1 unspecified atom stereocenters. The molecule has 1 aromatic carbocycles. The number of nitrogens with one attached hydrogen (secondary N) is 1. The first-order chi connectivity index (χ1) is 9.76. The number of rotatable bonds is 4. The first-order valence-corrected chi connectivity index (χ1v) is 7.65. The summed E-state index contributed by atoms with van der Waals surface area (Å²) in [5.74, 6) is 4.20. The zero-order valence-corrected chi connectivity index (χ0v) is 12.1. The monoisotopic (exact) mass is 291 g/mol. The van der Waals surface area contributed by atoms with Crippen LogP contribution < -0.4 is 15.2 Å². The first kappa shape index (κ1) is 13.2. The first-order valence-electron chi connectivity index (χ1n) is 6.50. The number of benzene rings is 1. The van der Waals surface area contributed by atoms with Gasteiger partial charge in [0.05, 0.1) is 12.8 Å². The number of nitrogen functional groups attached to an aromatic ring is 1. The molecule has 0 saturated carbocycles. The molecule has 0 spiro atoms. The van der Waals surface area contributed by atoms with E-state index in [-0.39, 0.29) is 6.10 Å². The quantitative estimate of drug-likeness (QED) is 0.905. The standard InChI is InChI=1S/C14H17N3O2S/c1-18-13-6-9(11-7-14(15)17-16-11)2-3-12(13)19-10-4-5-20-8-10/h2-3,6-7,10H,4-5,8H2,1H3,(H3,15,16,17). The Hall–Kier alpha value is -1.82. The van der Waals surface area contributed by atoms with Gasteiger partial charge >= 0.3 is 0 Å². The number of hydrogen-bond acceptors (Lipinski definition) is 5. The summed E-state index contributed by atoms with van der Waals surface area (Å²) >= 11 is 1.92. The van der Waals surface area contributed by atoms with E-state index in [4.69, 9.17) is 15.2 Å². The maximum Gasteiger partial charge on any atom is 0.161 e. The van der Waals surface area contributed by atoms with Crippen molar-refractivity contribution in [1.29, 1.82) is 0 Å². The van der Waals surface area contributed by atoms with Crippen LogP contribution in [0.4, 0.5) is 5.82 Å². The highest BCUT2D eigenvalue weighted by Gasteiger charge is 2.19. The molecule has 2 heterocycles. The molecular weight excluding hydrogens is 274 g/mol. The van der Waals surface area contributed by atoms with Crippen molar-refractivity contribution in [2.75, 3.05) is 24.3 Å². The van der Waals surface area contributed by atoms with Gasteiger partial charge in [0.2, 0.25) is 0 Å². The van der Waals surface area contributed by atoms with Crippen molar-refractivity contribution < 1.29 is 9.47 Å². The molecule has 0 amide bonds. The van der Waals surface area contributed by atoms with Crippen LogP contribution in [0.1, 0.15) is 6.42 Å². The lowest BCUT2D eigenvalue weighted by Gasteiger charge is -2.16. The zero-order valence-electron chi connectivity index (χ0n) is 11.3. The minimum Gasteiger partial charge on any atom is -0.493 e. The van der Waals surface area contributed by atoms with E-state index in [2.05, 4.69) is 10.2 Å². The summed E-state index contributed by atoms with van der Waals surface area (Å²) in [5, 5.41) is 6.82. The molecule has 1 aliphatic heterocycles. The number of aromatic nitrogens is 2. The Labute approximate surface area is 121 Å². The molecule has 20 heavy (non-hydrogen) atoms. The maximum atomic E-state index is 6.00. The van der Waals surface area contributed by atoms with Gasteiger partial charge in [0.15, 0.2) is 11.5 Å². The van der Waals surface area contributed by atoms with E-state index in [0.29, 0.717) is 5.82 Å². The van der Waals surface area contributed by atoms with Crippen molar-refractivity contribution in [1.82, 2.24) is 10.2 Å². The molecule has 3 N–H and O–H groups in total. The van der Waals surface area contributed by atoms with Crippen molar-refractivity contribution >= 4 is 17.6 Å². The Morgan fingerprint density at radius 3 is 2.90 bits per heavy atom. The molecule has 2 aromatic rings. The largest absolute Gasteiger partial charge is 0.493 e. The zero-order chi connectivity index (χ0) is 13.9. The van der Waals surface area contributed by atoms with E-state index < -0.39 is 0 Å². The number of H-pyrrole nitrogens is 1. The van der Waals surface area contributed by atoms with Crippen molar-refractivity contribution in [3.63, 3.8) is 0 Å². The molecular formula is C14H17N3O2S. The van der Waals surface area contributed by atoms with Gasteiger partial charge in [0, 0.05) is 17.4 Å². The lowest BCUT2D eigenvalue weighted by atomic mass is 10.1. The fraction of sp³-hybridized carbons (Fsp3) is 0.357. The number of thioether (sulfide) groups is 1. The van der Waals surface area contributed by atoms with Gasteiger partial charge in [0.25, 0.3) is 0 Å². The highest BCUT2D eigenvalue weighted by molar-refractivity contribution is 7.99. The molecule has 1 atom stereocenters. The molecule has 106 valence electrons. The number of methoxy groups -OCH3 is 1. The lowest BCUT2D eigenvalue weighted by molar-refractivity contribution is 0.218. The lowest BCUT2D eigenvalue weighted by Crippen LogP contribution is -2.15. The van der Waals surface area contributed by atoms with Gasteiger partial charge in [-0.15, -0.1) is 0 Å². The highest BCUT2D eigenvalue weighted by Crippen LogP contribution is 2.34. The smallest absolute Gasteiger partial charge is 0.161 e. The SMILES string of the molecule is COc1cc(-c2cc(N)n[nH]2)ccc1OC1CCSC1. The molecule has 3 rings (SSSR count). The second kappa shape index (κ2) is 5.66. The predicted octanol–water partition coefficient (Wildman–Crippen LogP) is 2.55. The molecule has 0 bridgehead atoms. The third-order valence-electron chi connectivity index (χ3n) is 3.25. The number of anilines is 1. The summed E-state index contributed by atoms with van der Waals surface area (Å²) < 4.78 is 11.4. The summed E-state index contributed by atoms with van der Waals surface area (Å²) in [7, 11) is 1.65. The maximum absolute atomic E-state index is 6.00. The van der Waals surface area contributed by atoms with E-state index in [1.165, 1.54) is 5.75 Å². The fourth-order valence-corrected chi connectivity index (χ4v) is 3.30. The molecule has 1 saturated heterocycles. The summed E-state index contributed by atoms with van der Waals surface area (Å²) in [6, 6.07) is 7.65. The summed E-state index contributed by atoms with van der Waals surface area (Å²) in [5.41, 5.74) is 7.46. The van der Waals surface area contributed by atoms with E-state index in [1.54, 1.807) is 13.2 Å². The van der Waals surface area contributed by atoms with Gasteiger partial charge in [-0.3, -0.25) is 5.10 Å². The Kier molecular flexibility index (Phi) is 3.73.